The van der Waals surface area contributed by atoms with Gasteiger partial charge in [-0.15, -0.1) is 0 Å². The highest BCUT2D eigenvalue weighted by molar-refractivity contribution is 5.53. The van der Waals surface area contributed by atoms with Crippen LogP contribution in [0.1, 0.15) is 30.9 Å². The summed E-state index contributed by atoms with van der Waals surface area (Å²) < 4.78 is 0. The van der Waals surface area contributed by atoms with Gasteiger partial charge in [-0.25, -0.2) is 0 Å². The lowest BCUT2D eigenvalue weighted by Gasteiger charge is -2.27. The number of nitrogens with one attached hydrogen (secondary N) is 1. The summed E-state index contributed by atoms with van der Waals surface area (Å²) in [6.45, 7) is 7.63. The Morgan fingerprint density at radius 1 is 1.29 bits per heavy atom. The van der Waals surface area contributed by atoms with Crippen molar-refractivity contribution in [2.75, 3.05) is 25.5 Å². The Labute approximate surface area is 106 Å². The monoisotopic (exact) mass is 234 g/mol. The minimum atomic E-state index is 0.575. The largest absolute Gasteiger partial charge is 0.373 e. The fourth-order valence-electron chi connectivity index (χ4n) is 2.34. The van der Waals surface area contributed by atoms with E-state index < -0.39 is 0 Å². The molecule has 2 heteroatoms. The number of hydrogen-bond donors (Lipinski definition) is 1. The van der Waals surface area contributed by atoms with Crippen molar-refractivity contribution in [3.05, 3.63) is 29.3 Å². The van der Waals surface area contributed by atoms with Crippen LogP contribution in [0.4, 0.5) is 5.69 Å². The van der Waals surface area contributed by atoms with Crippen LogP contribution < -0.4 is 10.2 Å². The zero-order valence-electron chi connectivity index (χ0n) is 11.9. The Balaban J connectivity index is 2.71. The molecule has 0 heterocycles. The second-order valence-electron chi connectivity index (χ2n) is 4.94. The maximum Gasteiger partial charge on any atom is 0.0394 e. The molecule has 0 aliphatic heterocycles. The van der Waals surface area contributed by atoms with Gasteiger partial charge in [0, 0.05) is 25.3 Å². The molecule has 0 fully saturated rings. The Morgan fingerprint density at radius 3 is 2.53 bits per heavy atom. The number of rotatable bonds is 6. The molecular formula is C15H26N2. The van der Waals surface area contributed by atoms with Crippen LogP contribution in [0.25, 0.3) is 0 Å². The van der Waals surface area contributed by atoms with E-state index in [0.717, 1.165) is 6.54 Å². The maximum atomic E-state index is 3.39. The van der Waals surface area contributed by atoms with Crippen molar-refractivity contribution < 1.29 is 0 Å². The van der Waals surface area contributed by atoms with E-state index in [1.165, 1.54) is 29.7 Å². The highest BCUT2D eigenvalue weighted by Gasteiger charge is 2.10. The first-order valence-electron chi connectivity index (χ1n) is 6.54. The minimum absolute atomic E-state index is 0.575. The molecule has 0 aromatic heterocycles. The Bertz CT molecular complexity index is 347. The zero-order valence-corrected chi connectivity index (χ0v) is 11.9. The first kappa shape index (κ1) is 14.0. The van der Waals surface area contributed by atoms with Gasteiger partial charge in [-0.2, -0.15) is 0 Å². The van der Waals surface area contributed by atoms with Gasteiger partial charge in [0.05, 0.1) is 0 Å². The van der Waals surface area contributed by atoms with Crippen molar-refractivity contribution in [1.82, 2.24) is 5.32 Å². The summed E-state index contributed by atoms with van der Waals surface area (Å²) in [6, 6.07) is 7.24. The quantitative estimate of drug-likeness (QED) is 0.813. The smallest absolute Gasteiger partial charge is 0.0394 e. The molecule has 1 aromatic rings. The predicted octanol–water partition coefficient (Wildman–Crippen LogP) is 3.13. The topological polar surface area (TPSA) is 15.3 Å². The Morgan fingerprint density at radius 2 is 2.00 bits per heavy atom. The molecule has 0 saturated carbocycles. The number of likely N-dealkylation sites (N-methyl/N-ethyl adjacent to an activating group) is 2. The molecule has 1 unspecified atom stereocenters. The van der Waals surface area contributed by atoms with E-state index in [1.54, 1.807) is 0 Å². The van der Waals surface area contributed by atoms with Crippen molar-refractivity contribution in [3.8, 4) is 0 Å². The lowest BCUT2D eigenvalue weighted by atomic mass is 10.1. The Hall–Kier alpha value is -1.02. The van der Waals surface area contributed by atoms with Crippen LogP contribution in [0.2, 0.25) is 0 Å². The van der Waals surface area contributed by atoms with Gasteiger partial charge in [0.1, 0.15) is 0 Å². The van der Waals surface area contributed by atoms with Crippen LogP contribution >= 0.6 is 0 Å². The molecule has 1 aromatic carbocycles. The number of anilines is 1. The molecule has 96 valence electrons. The number of nitrogens with zero attached hydrogens (tertiary/aromatic N) is 1. The van der Waals surface area contributed by atoms with Gasteiger partial charge >= 0.3 is 0 Å². The maximum absolute atomic E-state index is 3.39. The van der Waals surface area contributed by atoms with E-state index >= 15 is 0 Å². The van der Waals surface area contributed by atoms with Gasteiger partial charge in [-0.05, 0) is 38.9 Å². The third kappa shape index (κ3) is 4.04. The third-order valence-corrected chi connectivity index (χ3v) is 3.30. The van der Waals surface area contributed by atoms with Crippen LogP contribution in [0, 0.1) is 13.8 Å². The molecule has 1 rings (SSSR count). The van der Waals surface area contributed by atoms with Crippen LogP contribution in [-0.2, 0) is 0 Å². The molecule has 0 amide bonds. The lowest BCUT2D eigenvalue weighted by Crippen LogP contribution is -2.37. The summed E-state index contributed by atoms with van der Waals surface area (Å²) in [5.74, 6) is 0. The van der Waals surface area contributed by atoms with E-state index in [-0.39, 0.29) is 0 Å². The first-order valence-corrected chi connectivity index (χ1v) is 6.54. The SMILES string of the molecule is CCCC(CN(C)c1ccc(C)cc1C)NC. The fraction of sp³-hybridized carbons (Fsp3) is 0.600. The number of benzene rings is 1. The molecule has 1 atom stereocenters. The summed E-state index contributed by atoms with van der Waals surface area (Å²) in [5, 5.41) is 3.39. The lowest BCUT2D eigenvalue weighted by molar-refractivity contribution is 0.515. The van der Waals surface area contributed by atoms with Crippen molar-refractivity contribution in [1.29, 1.82) is 0 Å². The summed E-state index contributed by atoms with van der Waals surface area (Å²) in [4.78, 5) is 2.35. The average molecular weight is 234 g/mol. The minimum Gasteiger partial charge on any atom is -0.373 e. The zero-order chi connectivity index (χ0) is 12.8. The van der Waals surface area contributed by atoms with E-state index in [0.29, 0.717) is 6.04 Å². The van der Waals surface area contributed by atoms with Gasteiger partial charge in [0.15, 0.2) is 0 Å². The average Bonchev–Trinajstić information content (AvgIpc) is 2.28. The summed E-state index contributed by atoms with van der Waals surface area (Å²) >= 11 is 0. The van der Waals surface area contributed by atoms with Crippen LogP contribution in [0.5, 0.6) is 0 Å². The predicted molar refractivity (Wildman–Crippen MR) is 76.9 cm³/mol. The summed E-state index contributed by atoms with van der Waals surface area (Å²) in [5.41, 5.74) is 4.03. The molecule has 0 aliphatic carbocycles. The standard InChI is InChI=1S/C15H26N2/c1-6-7-14(16-4)11-17(5)15-9-8-12(2)10-13(15)3/h8-10,14,16H,6-7,11H2,1-5H3. The molecular weight excluding hydrogens is 208 g/mol. The molecule has 0 saturated heterocycles. The molecule has 0 spiro atoms. The van der Waals surface area contributed by atoms with Crippen molar-refractivity contribution in [2.24, 2.45) is 0 Å². The van der Waals surface area contributed by atoms with Gasteiger partial charge in [-0.3, -0.25) is 0 Å². The second kappa shape index (κ2) is 6.65. The molecule has 0 radical (unpaired) electrons. The molecule has 0 aliphatic rings. The highest BCUT2D eigenvalue weighted by atomic mass is 15.1. The number of hydrogen-bond acceptors (Lipinski definition) is 2. The summed E-state index contributed by atoms with van der Waals surface area (Å²) in [7, 11) is 4.23. The Kier molecular flexibility index (Phi) is 5.49. The van der Waals surface area contributed by atoms with Gasteiger partial charge in [0.25, 0.3) is 0 Å². The van der Waals surface area contributed by atoms with E-state index in [9.17, 15) is 0 Å². The molecule has 2 nitrogen and oxygen atoms in total. The second-order valence-corrected chi connectivity index (χ2v) is 4.94. The third-order valence-electron chi connectivity index (χ3n) is 3.30. The van der Waals surface area contributed by atoms with E-state index in [1.807, 2.05) is 0 Å². The van der Waals surface area contributed by atoms with Gasteiger partial charge < -0.3 is 10.2 Å². The van der Waals surface area contributed by atoms with Gasteiger partial charge in [0.2, 0.25) is 0 Å². The highest BCUT2D eigenvalue weighted by Crippen LogP contribution is 2.20. The number of aryl methyl sites for hydroxylation is 2. The summed E-state index contributed by atoms with van der Waals surface area (Å²) in [6.07, 6.45) is 2.46. The van der Waals surface area contributed by atoms with Gasteiger partial charge in [-0.1, -0.05) is 31.0 Å². The molecule has 17 heavy (non-hydrogen) atoms. The van der Waals surface area contributed by atoms with Crippen LogP contribution in [0.15, 0.2) is 18.2 Å². The van der Waals surface area contributed by atoms with Crippen LogP contribution in [-0.4, -0.2) is 26.7 Å². The first-order chi connectivity index (χ1) is 8.08. The van der Waals surface area contributed by atoms with Crippen molar-refractivity contribution in [2.45, 2.75) is 39.7 Å². The normalized spacial score (nSPS) is 12.5. The van der Waals surface area contributed by atoms with Crippen molar-refractivity contribution >= 4 is 5.69 Å². The van der Waals surface area contributed by atoms with E-state index in [4.69, 9.17) is 0 Å². The fourth-order valence-corrected chi connectivity index (χ4v) is 2.34. The molecule has 0 bridgehead atoms. The van der Waals surface area contributed by atoms with Crippen molar-refractivity contribution in [3.63, 3.8) is 0 Å². The molecule has 1 N–H and O–H groups in total. The van der Waals surface area contributed by atoms with E-state index in [2.05, 4.69) is 63.3 Å². The van der Waals surface area contributed by atoms with Crippen LogP contribution in [0.3, 0.4) is 0 Å².